The highest BCUT2D eigenvalue weighted by Crippen LogP contribution is 2.30. The number of ether oxygens (including phenoxy) is 1. The Bertz CT molecular complexity index is 969. The molecule has 0 radical (unpaired) electrons. The lowest BCUT2D eigenvalue weighted by Gasteiger charge is -2.36. The Kier molecular flexibility index (Phi) is 5.91. The normalized spacial score (nSPS) is 14.7. The summed E-state index contributed by atoms with van der Waals surface area (Å²) >= 11 is 0. The second kappa shape index (κ2) is 8.92. The van der Waals surface area contributed by atoms with E-state index in [1.165, 1.54) is 16.5 Å². The quantitative estimate of drug-likeness (QED) is 0.701. The van der Waals surface area contributed by atoms with Crippen LogP contribution in [0.3, 0.4) is 0 Å². The van der Waals surface area contributed by atoms with Crippen LogP contribution in [0.2, 0.25) is 0 Å². The van der Waals surface area contributed by atoms with E-state index in [1.54, 1.807) is 31.6 Å². The van der Waals surface area contributed by atoms with Crippen LogP contribution in [0.15, 0.2) is 60.9 Å². The van der Waals surface area contributed by atoms with E-state index in [0.29, 0.717) is 12.1 Å². The average Bonchev–Trinajstić information content (AvgIpc) is 2.79. The van der Waals surface area contributed by atoms with Gasteiger partial charge in [-0.15, -0.1) is 0 Å². The molecule has 0 saturated carbocycles. The number of hydrogen-bond donors (Lipinski definition) is 1. The number of nitrogens with one attached hydrogen (secondary N) is 1. The molecule has 6 heteroatoms. The van der Waals surface area contributed by atoms with Crippen LogP contribution in [-0.2, 0) is 0 Å². The molecule has 1 aliphatic heterocycles. The molecule has 6 nitrogen and oxygen atoms in total. The monoisotopic (exact) mass is 390 g/mol. The zero-order chi connectivity index (χ0) is 20.1. The fourth-order valence-corrected chi connectivity index (χ4v) is 3.78. The first kappa shape index (κ1) is 19.2. The first-order chi connectivity index (χ1) is 14.2. The number of nitrogens with zero attached hydrogens (tertiary/aromatic N) is 3. The Morgan fingerprint density at radius 3 is 2.72 bits per heavy atom. The third-order valence-corrected chi connectivity index (χ3v) is 5.42. The lowest BCUT2D eigenvalue weighted by molar-refractivity contribution is 0.0947. The van der Waals surface area contributed by atoms with Crippen LogP contribution in [0.4, 0.5) is 5.69 Å². The van der Waals surface area contributed by atoms with Crippen molar-refractivity contribution in [2.75, 3.05) is 51.3 Å². The summed E-state index contributed by atoms with van der Waals surface area (Å²) < 4.78 is 5.41. The molecule has 150 valence electrons. The first-order valence-electron chi connectivity index (χ1n) is 9.97. The van der Waals surface area contributed by atoms with Crippen molar-refractivity contribution in [3.63, 3.8) is 0 Å². The van der Waals surface area contributed by atoms with Crippen LogP contribution in [0, 0.1) is 0 Å². The zero-order valence-electron chi connectivity index (χ0n) is 16.7. The van der Waals surface area contributed by atoms with Crippen LogP contribution in [0.5, 0.6) is 5.75 Å². The second-order valence-corrected chi connectivity index (χ2v) is 7.19. The Morgan fingerprint density at radius 2 is 1.97 bits per heavy atom. The maximum atomic E-state index is 12.1. The van der Waals surface area contributed by atoms with Gasteiger partial charge in [0.2, 0.25) is 0 Å². The van der Waals surface area contributed by atoms with Crippen LogP contribution in [0.25, 0.3) is 10.8 Å². The smallest absolute Gasteiger partial charge is 0.252 e. The Hall–Kier alpha value is -3.12. The van der Waals surface area contributed by atoms with Gasteiger partial charge in [-0.1, -0.05) is 18.2 Å². The number of aromatic nitrogens is 1. The van der Waals surface area contributed by atoms with Gasteiger partial charge in [-0.2, -0.15) is 0 Å². The van der Waals surface area contributed by atoms with Gasteiger partial charge in [0.25, 0.3) is 5.91 Å². The summed E-state index contributed by atoms with van der Waals surface area (Å²) in [6.45, 7) is 5.37. The van der Waals surface area contributed by atoms with E-state index >= 15 is 0 Å². The van der Waals surface area contributed by atoms with Crippen molar-refractivity contribution in [1.29, 1.82) is 0 Å². The highest BCUT2D eigenvalue weighted by molar-refractivity contribution is 5.95. The summed E-state index contributed by atoms with van der Waals surface area (Å²) in [6.07, 6.45) is 3.26. The number of hydrogen-bond acceptors (Lipinski definition) is 5. The summed E-state index contributed by atoms with van der Waals surface area (Å²) in [7, 11) is 1.70. The standard InChI is InChI=1S/C23H26N4O2/c1-29-20-8-7-18-4-2-6-22(21(18)16-20)27-14-12-26(13-15-27)11-10-25-23(28)19-5-3-9-24-17-19/h2-9,16-17H,10-15H2,1H3,(H,25,28). The van der Waals surface area contributed by atoms with E-state index in [4.69, 9.17) is 4.74 Å². The molecule has 1 aromatic heterocycles. The summed E-state index contributed by atoms with van der Waals surface area (Å²) in [5.74, 6) is 0.814. The predicted molar refractivity (Wildman–Crippen MR) is 116 cm³/mol. The molecule has 1 amide bonds. The lowest BCUT2D eigenvalue weighted by Crippen LogP contribution is -2.48. The first-order valence-corrected chi connectivity index (χ1v) is 9.97. The molecule has 2 heterocycles. The molecule has 0 bridgehead atoms. The minimum absolute atomic E-state index is 0.0681. The van der Waals surface area contributed by atoms with E-state index in [2.05, 4.69) is 50.4 Å². The van der Waals surface area contributed by atoms with E-state index in [9.17, 15) is 4.79 Å². The highest BCUT2D eigenvalue weighted by atomic mass is 16.5. The van der Waals surface area contributed by atoms with Crippen molar-refractivity contribution in [3.05, 3.63) is 66.5 Å². The van der Waals surface area contributed by atoms with Crippen molar-refractivity contribution >= 4 is 22.4 Å². The molecule has 0 spiro atoms. The predicted octanol–water partition coefficient (Wildman–Crippen LogP) is 2.80. The van der Waals surface area contributed by atoms with Gasteiger partial charge in [-0.25, -0.2) is 0 Å². The van der Waals surface area contributed by atoms with Gasteiger partial charge < -0.3 is 15.0 Å². The lowest BCUT2D eigenvalue weighted by atomic mass is 10.1. The Morgan fingerprint density at radius 1 is 1.10 bits per heavy atom. The van der Waals surface area contributed by atoms with Gasteiger partial charge in [0.05, 0.1) is 12.7 Å². The van der Waals surface area contributed by atoms with Gasteiger partial charge in [0.15, 0.2) is 0 Å². The van der Waals surface area contributed by atoms with E-state index in [0.717, 1.165) is 38.5 Å². The van der Waals surface area contributed by atoms with Crippen molar-refractivity contribution in [1.82, 2.24) is 15.2 Å². The third kappa shape index (κ3) is 4.49. The number of amides is 1. The number of fused-ring (bicyclic) bond motifs is 1. The summed E-state index contributed by atoms with van der Waals surface area (Å²) in [5, 5.41) is 5.43. The maximum absolute atomic E-state index is 12.1. The minimum Gasteiger partial charge on any atom is -0.497 e. The third-order valence-electron chi connectivity index (χ3n) is 5.42. The number of methoxy groups -OCH3 is 1. The molecule has 4 rings (SSSR count). The van der Waals surface area contributed by atoms with Gasteiger partial charge in [0, 0.05) is 62.7 Å². The molecule has 1 N–H and O–H groups in total. The largest absolute Gasteiger partial charge is 0.497 e. The van der Waals surface area contributed by atoms with Gasteiger partial charge in [0.1, 0.15) is 5.75 Å². The number of rotatable bonds is 6. The molecule has 0 atom stereocenters. The van der Waals surface area contributed by atoms with Crippen molar-refractivity contribution < 1.29 is 9.53 Å². The molecule has 3 aromatic rings. The number of carbonyl (C=O) groups excluding carboxylic acids is 1. The molecule has 29 heavy (non-hydrogen) atoms. The Balaban J connectivity index is 1.32. The molecular formula is C23H26N4O2. The molecule has 0 unspecified atom stereocenters. The van der Waals surface area contributed by atoms with Crippen molar-refractivity contribution in [2.24, 2.45) is 0 Å². The molecule has 2 aromatic carbocycles. The Labute approximate surface area is 171 Å². The molecule has 1 aliphatic rings. The van der Waals surface area contributed by atoms with Gasteiger partial charge in [-0.05, 0) is 35.7 Å². The number of anilines is 1. The van der Waals surface area contributed by atoms with Gasteiger partial charge in [-0.3, -0.25) is 14.7 Å². The number of carbonyl (C=O) groups is 1. The molecule has 1 saturated heterocycles. The molecule has 0 aliphatic carbocycles. The SMILES string of the molecule is COc1ccc2cccc(N3CCN(CCNC(=O)c4cccnc4)CC3)c2c1. The zero-order valence-corrected chi connectivity index (χ0v) is 16.7. The number of piperazine rings is 1. The van der Waals surface area contributed by atoms with Crippen LogP contribution < -0.4 is 15.0 Å². The van der Waals surface area contributed by atoms with E-state index < -0.39 is 0 Å². The number of pyridine rings is 1. The van der Waals surface area contributed by atoms with Crippen molar-refractivity contribution in [2.45, 2.75) is 0 Å². The number of benzene rings is 2. The van der Waals surface area contributed by atoms with E-state index in [1.807, 2.05) is 6.07 Å². The fraction of sp³-hybridized carbons (Fsp3) is 0.304. The molecule has 1 fully saturated rings. The fourth-order valence-electron chi connectivity index (χ4n) is 3.78. The maximum Gasteiger partial charge on any atom is 0.252 e. The summed E-state index contributed by atoms with van der Waals surface area (Å²) in [4.78, 5) is 20.9. The topological polar surface area (TPSA) is 57.7 Å². The second-order valence-electron chi connectivity index (χ2n) is 7.19. The van der Waals surface area contributed by atoms with Crippen LogP contribution >= 0.6 is 0 Å². The van der Waals surface area contributed by atoms with Crippen molar-refractivity contribution in [3.8, 4) is 5.75 Å². The highest BCUT2D eigenvalue weighted by Gasteiger charge is 2.19. The van der Waals surface area contributed by atoms with Gasteiger partial charge >= 0.3 is 0 Å². The summed E-state index contributed by atoms with van der Waals surface area (Å²) in [6, 6.07) is 16.2. The van der Waals surface area contributed by atoms with E-state index in [-0.39, 0.29) is 5.91 Å². The summed E-state index contributed by atoms with van der Waals surface area (Å²) in [5.41, 5.74) is 1.86. The van der Waals surface area contributed by atoms with Crippen LogP contribution in [0.1, 0.15) is 10.4 Å². The van der Waals surface area contributed by atoms with Crippen LogP contribution in [-0.4, -0.2) is 62.2 Å². The molecular weight excluding hydrogens is 364 g/mol. The average molecular weight is 390 g/mol. The minimum atomic E-state index is -0.0681.